The van der Waals surface area contributed by atoms with Gasteiger partial charge in [-0.25, -0.2) is 0 Å². The van der Waals surface area contributed by atoms with Gasteiger partial charge < -0.3 is 23.7 Å². The third-order valence-electron chi connectivity index (χ3n) is 6.96. The van der Waals surface area contributed by atoms with Crippen LogP contribution in [0.1, 0.15) is 29.5 Å². The molecule has 1 atom stereocenters. The molecule has 2 aromatic carbocycles. The molecule has 40 heavy (non-hydrogen) atoms. The third-order valence-corrected chi connectivity index (χ3v) is 7.25. The maximum Gasteiger partial charge on any atom is 0.417 e. The molecule has 0 amide bonds. The Morgan fingerprint density at radius 2 is 1.93 bits per heavy atom. The van der Waals surface area contributed by atoms with E-state index >= 15 is 0 Å². The molecule has 1 fully saturated rings. The maximum absolute atomic E-state index is 13.2. The fraction of sp³-hybridized carbons (Fsp3) is 0.414. The summed E-state index contributed by atoms with van der Waals surface area (Å²) >= 11 is 6.32. The van der Waals surface area contributed by atoms with Gasteiger partial charge in [-0.05, 0) is 37.1 Å². The summed E-state index contributed by atoms with van der Waals surface area (Å²) in [5.74, 6) is 2.47. The van der Waals surface area contributed by atoms with Crippen molar-refractivity contribution in [3.05, 3.63) is 64.3 Å². The van der Waals surface area contributed by atoms with Crippen LogP contribution < -0.4 is 18.9 Å². The second-order valence-electron chi connectivity index (χ2n) is 9.70. The van der Waals surface area contributed by atoms with Gasteiger partial charge in [0.25, 0.3) is 0 Å². The van der Waals surface area contributed by atoms with Crippen molar-refractivity contribution in [3.63, 3.8) is 0 Å². The molecule has 11 heteroatoms. The summed E-state index contributed by atoms with van der Waals surface area (Å²) in [6.07, 6.45) is -1.92. The van der Waals surface area contributed by atoms with Gasteiger partial charge in [0, 0.05) is 55.2 Å². The number of pyridine rings is 1. The minimum atomic E-state index is -4.55. The van der Waals surface area contributed by atoms with Crippen LogP contribution in [0, 0.1) is 0 Å². The van der Waals surface area contributed by atoms with Crippen molar-refractivity contribution in [3.8, 4) is 34.3 Å². The van der Waals surface area contributed by atoms with Crippen LogP contribution in [0.4, 0.5) is 13.2 Å². The SMILES string of the molecule is COc1ccc(CN2CCOc3c(cc(-c4ncc(C(F)(F)F)cc4Cl)cc3OCC3CCCO3)C2)c(OC)c1. The summed E-state index contributed by atoms with van der Waals surface area (Å²) in [5.41, 5.74) is 1.64. The summed E-state index contributed by atoms with van der Waals surface area (Å²) in [7, 11) is 3.22. The molecule has 5 rings (SSSR count). The van der Waals surface area contributed by atoms with Gasteiger partial charge >= 0.3 is 6.18 Å². The van der Waals surface area contributed by atoms with Crippen LogP contribution in [-0.4, -0.2) is 56.6 Å². The zero-order valence-electron chi connectivity index (χ0n) is 22.2. The minimum absolute atomic E-state index is 0.0306. The molecule has 2 aliphatic rings. The molecule has 1 unspecified atom stereocenters. The maximum atomic E-state index is 13.2. The van der Waals surface area contributed by atoms with Crippen molar-refractivity contribution in [1.82, 2.24) is 9.88 Å². The van der Waals surface area contributed by atoms with E-state index in [1.165, 1.54) is 0 Å². The van der Waals surface area contributed by atoms with Crippen LogP contribution in [0.5, 0.6) is 23.0 Å². The molecule has 0 N–H and O–H groups in total. The topological polar surface area (TPSA) is 62.3 Å². The van der Waals surface area contributed by atoms with E-state index in [1.807, 2.05) is 24.3 Å². The molecule has 2 aliphatic heterocycles. The Bertz CT molecular complexity index is 1350. The number of aromatic nitrogens is 1. The van der Waals surface area contributed by atoms with Crippen LogP contribution in [0.25, 0.3) is 11.3 Å². The Balaban J connectivity index is 1.48. The zero-order valence-corrected chi connectivity index (χ0v) is 23.0. The monoisotopic (exact) mass is 578 g/mol. The molecule has 3 heterocycles. The lowest BCUT2D eigenvalue weighted by atomic mass is 10.0. The molecule has 0 radical (unpaired) electrons. The van der Waals surface area contributed by atoms with E-state index in [2.05, 4.69) is 9.88 Å². The molecule has 3 aromatic rings. The van der Waals surface area contributed by atoms with E-state index in [1.54, 1.807) is 20.3 Å². The van der Waals surface area contributed by atoms with Gasteiger partial charge in [0.15, 0.2) is 11.5 Å². The summed E-state index contributed by atoms with van der Waals surface area (Å²) < 4.78 is 68.7. The number of benzene rings is 2. The first-order valence-corrected chi connectivity index (χ1v) is 13.3. The predicted molar refractivity (Wildman–Crippen MR) is 143 cm³/mol. The lowest BCUT2D eigenvalue weighted by Gasteiger charge is -2.22. The smallest absolute Gasteiger partial charge is 0.417 e. The standard InChI is InChI=1S/C29H30ClF3N2O5/c1-36-22-6-5-18(25(13-22)37-2)15-35-7-9-39-28-20(16-35)10-19(11-26(28)40-17-23-4-3-8-38-23)27-24(30)12-21(14-34-27)29(31,32)33/h5-6,10-14,23H,3-4,7-9,15-17H2,1-2H3. The predicted octanol–water partition coefficient (Wildman–Crippen LogP) is 6.39. The van der Waals surface area contributed by atoms with E-state index in [0.717, 1.165) is 36.2 Å². The first-order valence-electron chi connectivity index (χ1n) is 13.0. The van der Waals surface area contributed by atoms with Crippen molar-refractivity contribution in [2.24, 2.45) is 0 Å². The molecule has 0 spiro atoms. The fourth-order valence-corrected chi connectivity index (χ4v) is 5.18. The molecule has 214 valence electrons. The van der Waals surface area contributed by atoms with Gasteiger partial charge in [-0.15, -0.1) is 0 Å². The summed E-state index contributed by atoms with van der Waals surface area (Å²) in [4.78, 5) is 6.28. The van der Waals surface area contributed by atoms with Gasteiger partial charge in [-0.3, -0.25) is 9.88 Å². The van der Waals surface area contributed by atoms with Crippen molar-refractivity contribution in [2.75, 3.05) is 40.6 Å². The number of ether oxygens (including phenoxy) is 5. The van der Waals surface area contributed by atoms with E-state index in [-0.39, 0.29) is 16.8 Å². The first-order chi connectivity index (χ1) is 19.2. The van der Waals surface area contributed by atoms with E-state index < -0.39 is 11.7 Å². The van der Waals surface area contributed by atoms with Gasteiger partial charge in [0.1, 0.15) is 24.7 Å². The number of halogens is 4. The molecular weight excluding hydrogens is 549 g/mol. The highest BCUT2D eigenvalue weighted by atomic mass is 35.5. The highest BCUT2D eigenvalue weighted by Gasteiger charge is 2.32. The molecule has 7 nitrogen and oxygen atoms in total. The van der Waals surface area contributed by atoms with Crippen LogP contribution in [0.15, 0.2) is 42.6 Å². The van der Waals surface area contributed by atoms with Gasteiger partial charge in [-0.2, -0.15) is 13.2 Å². The lowest BCUT2D eigenvalue weighted by molar-refractivity contribution is -0.137. The number of rotatable bonds is 8. The van der Waals surface area contributed by atoms with Crippen LogP contribution in [0.2, 0.25) is 5.02 Å². The fourth-order valence-electron chi connectivity index (χ4n) is 4.90. The molecule has 1 aromatic heterocycles. The third kappa shape index (κ3) is 6.40. The number of methoxy groups -OCH3 is 2. The zero-order chi connectivity index (χ0) is 28.3. The van der Waals surface area contributed by atoms with Crippen molar-refractivity contribution in [2.45, 2.75) is 38.2 Å². The molecule has 1 saturated heterocycles. The highest BCUT2D eigenvalue weighted by molar-refractivity contribution is 6.33. The van der Waals surface area contributed by atoms with Crippen molar-refractivity contribution in [1.29, 1.82) is 0 Å². The summed E-state index contributed by atoms with van der Waals surface area (Å²) in [6, 6.07) is 10.1. The number of fused-ring (bicyclic) bond motifs is 1. The normalized spacial score (nSPS) is 17.6. The van der Waals surface area contributed by atoms with Gasteiger partial charge in [0.05, 0.1) is 36.6 Å². The average molecular weight is 579 g/mol. The first kappa shape index (κ1) is 28.3. The van der Waals surface area contributed by atoms with Gasteiger partial charge in [0.2, 0.25) is 0 Å². The van der Waals surface area contributed by atoms with E-state index in [4.69, 9.17) is 35.3 Å². The van der Waals surface area contributed by atoms with Crippen LogP contribution in [0.3, 0.4) is 0 Å². The quantitative estimate of drug-likeness (QED) is 0.307. The van der Waals surface area contributed by atoms with Crippen LogP contribution in [-0.2, 0) is 24.0 Å². The second-order valence-corrected chi connectivity index (χ2v) is 10.1. The van der Waals surface area contributed by atoms with Crippen molar-refractivity contribution >= 4 is 11.6 Å². The minimum Gasteiger partial charge on any atom is -0.497 e. The molecule has 0 saturated carbocycles. The number of nitrogens with zero attached hydrogens (tertiary/aromatic N) is 2. The number of alkyl halides is 3. The van der Waals surface area contributed by atoms with E-state index in [9.17, 15) is 13.2 Å². The molecule has 0 aliphatic carbocycles. The molecule has 0 bridgehead atoms. The van der Waals surface area contributed by atoms with E-state index in [0.29, 0.717) is 68.0 Å². The summed E-state index contributed by atoms with van der Waals surface area (Å²) in [5, 5.41) is -0.103. The Morgan fingerprint density at radius 1 is 1.07 bits per heavy atom. The Hall–Kier alpha value is -3.21. The Labute approximate surface area is 235 Å². The lowest BCUT2D eigenvalue weighted by Crippen LogP contribution is -2.25. The van der Waals surface area contributed by atoms with Gasteiger partial charge in [-0.1, -0.05) is 17.7 Å². The largest absolute Gasteiger partial charge is 0.497 e. The Kier molecular flexibility index (Phi) is 8.58. The Morgan fingerprint density at radius 3 is 2.62 bits per heavy atom. The molecular formula is C29H30ClF3N2O5. The highest BCUT2D eigenvalue weighted by Crippen LogP contribution is 2.41. The average Bonchev–Trinajstić information content (AvgIpc) is 3.37. The summed E-state index contributed by atoms with van der Waals surface area (Å²) in [6.45, 7) is 3.14. The van der Waals surface area contributed by atoms with Crippen molar-refractivity contribution < 1.29 is 36.9 Å². The van der Waals surface area contributed by atoms with Crippen LogP contribution >= 0.6 is 11.6 Å². The number of hydrogen-bond donors (Lipinski definition) is 0. The second kappa shape index (κ2) is 12.1. The number of hydrogen-bond acceptors (Lipinski definition) is 7.